The summed E-state index contributed by atoms with van der Waals surface area (Å²) in [6, 6.07) is 7.48. The average molecular weight is 643 g/mol. The number of carbonyl (C=O) groups is 2. The lowest BCUT2D eigenvalue weighted by atomic mass is 10.1. The van der Waals surface area contributed by atoms with Gasteiger partial charge in [-0.3, -0.25) is 4.79 Å². The minimum Gasteiger partial charge on any atom is -0.490 e. The van der Waals surface area contributed by atoms with Crippen LogP contribution in [0.3, 0.4) is 0 Å². The van der Waals surface area contributed by atoms with Gasteiger partial charge < -0.3 is 19.5 Å². The number of rotatable bonds is 15. The minimum absolute atomic E-state index is 0.0323. The molecule has 1 aromatic carbocycles. The van der Waals surface area contributed by atoms with E-state index < -0.39 is 21.9 Å². The molecular weight excluding hydrogens is 600 g/mol. The van der Waals surface area contributed by atoms with Crippen LogP contribution in [0, 0.1) is 5.92 Å². The first kappa shape index (κ1) is 37.2. The molecule has 1 heterocycles. The number of halogens is 1. The van der Waals surface area contributed by atoms with Crippen molar-refractivity contribution in [3.05, 3.63) is 68.8 Å². The Morgan fingerprint density at radius 1 is 1.05 bits per heavy atom. The lowest BCUT2D eigenvalue weighted by Gasteiger charge is -2.20. The van der Waals surface area contributed by atoms with E-state index >= 15 is 0 Å². The van der Waals surface area contributed by atoms with Crippen molar-refractivity contribution in [1.82, 2.24) is 4.31 Å². The van der Waals surface area contributed by atoms with E-state index in [4.69, 9.17) is 25.8 Å². The van der Waals surface area contributed by atoms with Gasteiger partial charge in [0.25, 0.3) is 5.91 Å². The fourth-order valence-corrected chi connectivity index (χ4v) is 6.52. The third kappa shape index (κ3) is 10.8. The van der Waals surface area contributed by atoms with Crippen molar-refractivity contribution in [2.75, 3.05) is 38.7 Å². The van der Waals surface area contributed by atoms with Crippen LogP contribution in [-0.2, 0) is 24.2 Å². The molecule has 12 heteroatoms. The summed E-state index contributed by atoms with van der Waals surface area (Å²) in [6.07, 6.45) is 4.24. The van der Waals surface area contributed by atoms with Crippen molar-refractivity contribution >= 4 is 50.5 Å². The maximum absolute atomic E-state index is 13.5. The summed E-state index contributed by atoms with van der Waals surface area (Å²) in [5.41, 5.74) is 0.574. The molecule has 0 aliphatic carbocycles. The normalized spacial score (nSPS) is 12.7. The number of amides is 1. The largest absolute Gasteiger partial charge is 0.490 e. The molecule has 0 spiro atoms. The highest BCUT2D eigenvalue weighted by atomic mass is 35.5. The first-order valence-corrected chi connectivity index (χ1v) is 16.6. The van der Waals surface area contributed by atoms with Crippen LogP contribution in [0.25, 0.3) is 0 Å². The zero-order valence-electron chi connectivity index (χ0n) is 25.7. The van der Waals surface area contributed by atoms with E-state index in [1.807, 2.05) is 53.7 Å². The van der Waals surface area contributed by atoms with Crippen molar-refractivity contribution in [2.45, 2.75) is 59.8 Å². The maximum Gasteiger partial charge on any atom is 0.338 e. The Kier molecular flexibility index (Phi) is 16.5. The number of hydrogen-bond acceptors (Lipinski definition) is 8. The predicted octanol–water partition coefficient (Wildman–Crippen LogP) is 7.36. The van der Waals surface area contributed by atoms with Gasteiger partial charge in [0.05, 0.1) is 29.7 Å². The van der Waals surface area contributed by atoms with Crippen LogP contribution in [0.15, 0.2) is 58.9 Å². The molecule has 1 amide bonds. The molecule has 1 atom stereocenters. The summed E-state index contributed by atoms with van der Waals surface area (Å²) in [6.45, 7) is 14.7. The number of esters is 1. The third-order valence-electron chi connectivity index (χ3n) is 5.63. The SMILES string of the molecule is C/C=C(OCC)\C(=C/C(C)CCN(C)S(=O)(=O)c1cc(Cl)sc1C(=O)Nc1cccc(C(=O)OCC)c1)OCC.CC. The topological polar surface area (TPSA) is 111 Å². The van der Waals surface area contributed by atoms with E-state index in [2.05, 4.69) is 5.32 Å². The number of carbonyl (C=O) groups excluding carboxylic acids is 2. The molecule has 1 unspecified atom stereocenters. The van der Waals surface area contributed by atoms with Gasteiger partial charge in [-0.15, -0.1) is 11.3 Å². The Morgan fingerprint density at radius 2 is 1.67 bits per heavy atom. The summed E-state index contributed by atoms with van der Waals surface area (Å²) in [5.74, 6) is 0.0291. The van der Waals surface area contributed by atoms with Crippen LogP contribution in [0.1, 0.15) is 74.9 Å². The highest BCUT2D eigenvalue weighted by Crippen LogP contribution is 2.33. The lowest BCUT2D eigenvalue weighted by Crippen LogP contribution is -2.30. The van der Waals surface area contributed by atoms with E-state index in [9.17, 15) is 18.0 Å². The van der Waals surface area contributed by atoms with Gasteiger partial charge in [0.2, 0.25) is 10.0 Å². The maximum atomic E-state index is 13.5. The van der Waals surface area contributed by atoms with E-state index in [-0.39, 0.29) is 38.7 Å². The summed E-state index contributed by atoms with van der Waals surface area (Å²) >= 11 is 7.03. The van der Waals surface area contributed by atoms with Crippen LogP contribution in [0.4, 0.5) is 5.69 Å². The quantitative estimate of drug-likeness (QED) is 0.123. The van der Waals surface area contributed by atoms with Crippen molar-refractivity contribution in [3.8, 4) is 0 Å². The van der Waals surface area contributed by atoms with Gasteiger partial charge in [0, 0.05) is 19.3 Å². The lowest BCUT2D eigenvalue weighted by molar-refractivity contribution is 0.0526. The number of nitrogens with one attached hydrogen (secondary N) is 1. The molecule has 0 saturated carbocycles. The van der Waals surface area contributed by atoms with Crippen molar-refractivity contribution < 1.29 is 32.2 Å². The fraction of sp³-hybridized carbons (Fsp3) is 0.467. The second-order valence-electron chi connectivity index (χ2n) is 8.64. The Morgan fingerprint density at radius 3 is 2.26 bits per heavy atom. The molecule has 0 fully saturated rings. The molecule has 0 radical (unpaired) electrons. The first-order chi connectivity index (χ1) is 20.0. The zero-order chi connectivity index (χ0) is 31.9. The monoisotopic (exact) mass is 642 g/mol. The van der Waals surface area contributed by atoms with Gasteiger partial charge in [-0.2, -0.15) is 0 Å². The molecule has 1 N–H and O–H groups in total. The second kappa shape index (κ2) is 18.6. The van der Waals surface area contributed by atoms with Crippen molar-refractivity contribution in [2.24, 2.45) is 5.92 Å². The highest BCUT2D eigenvalue weighted by molar-refractivity contribution is 7.89. The van der Waals surface area contributed by atoms with Gasteiger partial charge in [-0.1, -0.05) is 38.4 Å². The van der Waals surface area contributed by atoms with E-state index in [0.717, 1.165) is 11.3 Å². The molecule has 0 aliphatic rings. The second-order valence-corrected chi connectivity index (χ2v) is 12.3. The standard InChI is InChI=1S/C28H37ClN2O7S2.C2H6/c1-7-22(36-8-2)23(37-9-3)16-19(5)14-15-31(6)40(34,35)24-18-25(29)39-26(24)27(32)30-21-13-11-12-20(17-21)28(33)38-10-4;1-2/h7,11-13,16-19H,8-10,14-15H2,1-6H3,(H,30,32);1-2H3/b22-7+,23-16+;. The third-order valence-corrected chi connectivity index (χ3v) is 8.91. The number of nitrogens with zero attached hydrogens (tertiary/aromatic N) is 1. The number of benzene rings is 1. The molecule has 1 aromatic heterocycles. The molecular formula is C30H43ClN2O7S2. The van der Waals surface area contributed by atoms with E-state index in [0.29, 0.717) is 36.8 Å². The molecule has 0 saturated heterocycles. The van der Waals surface area contributed by atoms with E-state index in [1.165, 1.54) is 23.5 Å². The van der Waals surface area contributed by atoms with Gasteiger partial charge in [-0.05, 0) is 76.5 Å². The van der Waals surface area contributed by atoms with Crippen LogP contribution in [0.2, 0.25) is 4.34 Å². The molecule has 0 aliphatic heterocycles. The molecule has 0 bridgehead atoms. The minimum atomic E-state index is -4.04. The zero-order valence-corrected chi connectivity index (χ0v) is 28.0. The molecule has 2 aromatic rings. The average Bonchev–Trinajstić information content (AvgIpc) is 3.38. The van der Waals surface area contributed by atoms with Crippen LogP contribution in [0.5, 0.6) is 0 Å². The van der Waals surface area contributed by atoms with Gasteiger partial charge in [-0.25, -0.2) is 17.5 Å². The molecule has 42 heavy (non-hydrogen) atoms. The Labute approximate surface area is 259 Å². The Bertz CT molecular complexity index is 1340. The Hall–Kier alpha value is -2.86. The number of sulfonamides is 1. The number of anilines is 1. The molecule has 234 valence electrons. The number of ether oxygens (including phenoxy) is 3. The fourth-order valence-electron chi connectivity index (χ4n) is 3.65. The smallest absolute Gasteiger partial charge is 0.338 e. The van der Waals surface area contributed by atoms with Crippen LogP contribution < -0.4 is 5.32 Å². The first-order valence-electron chi connectivity index (χ1n) is 14.0. The molecule has 9 nitrogen and oxygen atoms in total. The Balaban J connectivity index is 0.00000431. The van der Waals surface area contributed by atoms with Crippen LogP contribution in [-0.4, -0.2) is 58.0 Å². The van der Waals surface area contributed by atoms with Crippen LogP contribution >= 0.6 is 22.9 Å². The van der Waals surface area contributed by atoms with Crippen molar-refractivity contribution in [3.63, 3.8) is 0 Å². The van der Waals surface area contributed by atoms with Gasteiger partial charge in [0.15, 0.2) is 11.5 Å². The predicted molar refractivity (Wildman–Crippen MR) is 170 cm³/mol. The summed E-state index contributed by atoms with van der Waals surface area (Å²) in [4.78, 5) is 24.9. The highest BCUT2D eigenvalue weighted by Gasteiger charge is 2.30. The number of allylic oxidation sites excluding steroid dienone is 2. The number of thiophene rings is 1. The summed E-state index contributed by atoms with van der Waals surface area (Å²) < 4.78 is 44.7. The van der Waals surface area contributed by atoms with Crippen molar-refractivity contribution in [1.29, 1.82) is 0 Å². The summed E-state index contributed by atoms with van der Waals surface area (Å²) in [5, 5.41) is 2.65. The summed E-state index contributed by atoms with van der Waals surface area (Å²) in [7, 11) is -2.58. The van der Waals surface area contributed by atoms with E-state index in [1.54, 1.807) is 25.1 Å². The molecule has 2 rings (SSSR count). The number of hydrogen-bond donors (Lipinski definition) is 1. The van der Waals surface area contributed by atoms with Gasteiger partial charge >= 0.3 is 5.97 Å². The van der Waals surface area contributed by atoms with Gasteiger partial charge in [0.1, 0.15) is 9.77 Å².